The van der Waals surface area contributed by atoms with Crippen molar-refractivity contribution < 1.29 is 23.9 Å². The Morgan fingerprint density at radius 1 is 1.26 bits per heavy atom. The predicted molar refractivity (Wildman–Crippen MR) is 149 cm³/mol. The Morgan fingerprint density at radius 3 is 2.66 bits per heavy atom. The van der Waals surface area contributed by atoms with Gasteiger partial charge in [0, 0.05) is 31.7 Å². The van der Waals surface area contributed by atoms with Gasteiger partial charge in [-0.3, -0.25) is 14.2 Å². The monoisotopic (exact) mass is 597 g/mol. The van der Waals surface area contributed by atoms with Crippen LogP contribution in [0.15, 0.2) is 36.0 Å². The smallest absolute Gasteiger partial charge is 0.341 e. The van der Waals surface area contributed by atoms with Gasteiger partial charge < -0.3 is 19.7 Å². The number of nitrogens with one attached hydrogen (secondary N) is 1. The molecule has 0 atom stereocenters. The maximum absolute atomic E-state index is 12.8. The molecular weight excluding hydrogens is 573 g/mol. The van der Waals surface area contributed by atoms with Crippen molar-refractivity contribution in [3.05, 3.63) is 62.7 Å². The van der Waals surface area contributed by atoms with Crippen molar-refractivity contribution in [2.75, 3.05) is 32.3 Å². The van der Waals surface area contributed by atoms with E-state index in [1.165, 1.54) is 12.0 Å². The van der Waals surface area contributed by atoms with E-state index in [0.717, 1.165) is 23.1 Å². The van der Waals surface area contributed by atoms with Crippen LogP contribution in [0.2, 0.25) is 10.0 Å². The number of rotatable bonds is 11. The first kappa shape index (κ1) is 29.5. The van der Waals surface area contributed by atoms with E-state index < -0.39 is 11.9 Å². The molecule has 0 spiro atoms. The number of ether oxygens (including phenoxy) is 2. The van der Waals surface area contributed by atoms with Crippen LogP contribution in [0, 0.1) is 6.92 Å². The molecule has 0 aliphatic heterocycles. The van der Waals surface area contributed by atoms with Gasteiger partial charge in [0.15, 0.2) is 11.0 Å². The summed E-state index contributed by atoms with van der Waals surface area (Å²) >= 11 is 14.3. The van der Waals surface area contributed by atoms with Crippen LogP contribution in [0.25, 0.3) is 0 Å². The van der Waals surface area contributed by atoms with Gasteiger partial charge in [-0.1, -0.05) is 41.0 Å². The molecule has 0 saturated heterocycles. The lowest BCUT2D eigenvalue weighted by Crippen LogP contribution is -2.21. The summed E-state index contributed by atoms with van der Waals surface area (Å²) in [5.41, 5.74) is 0.591. The highest BCUT2D eigenvalue weighted by Crippen LogP contribution is 2.35. The van der Waals surface area contributed by atoms with Crippen LogP contribution in [-0.4, -0.2) is 64.4 Å². The summed E-state index contributed by atoms with van der Waals surface area (Å²) in [5, 5.41) is 12.7. The molecule has 0 unspecified atom stereocenters. The zero-order chi connectivity index (χ0) is 28.0. The largest absolute Gasteiger partial charge is 0.484 e. The standard InChI is InChI=1S/C24H25Cl2N5O5S2/c1-6-9-31-17(11-36-16-10-14(25)7-8-15(16)26)28-29-24(31)37-12-18(32)27-21-19(23(34)35-5)13(2)20(38-21)22(33)30(3)4/h6-8,10H,1,9,11-12H2,2-5H3,(H,27,32). The molecule has 0 saturated carbocycles. The van der Waals surface area contributed by atoms with Gasteiger partial charge >= 0.3 is 5.97 Å². The highest BCUT2D eigenvalue weighted by molar-refractivity contribution is 7.99. The van der Waals surface area contributed by atoms with Crippen molar-refractivity contribution in [3.8, 4) is 5.75 Å². The third-order valence-corrected chi connectivity index (χ3v) is 7.79. The minimum Gasteiger partial charge on any atom is -0.484 e. The van der Waals surface area contributed by atoms with Crippen molar-refractivity contribution in [1.82, 2.24) is 19.7 Å². The molecule has 1 aromatic carbocycles. The van der Waals surface area contributed by atoms with Gasteiger partial charge in [-0.15, -0.1) is 28.1 Å². The summed E-state index contributed by atoms with van der Waals surface area (Å²) in [6, 6.07) is 4.89. The van der Waals surface area contributed by atoms with Crippen molar-refractivity contribution in [2.45, 2.75) is 25.2 Å². The van der Waals surface area contributed by atoms with Crippen LogP contribution in [0.4, 0.5) is 5.00 Å². The fourth-order valence-corrected chi connectivity index (χ4v) is 5.56. The van der Waals surface area contributed by atoms with E-state index in [2.05, 4.69) is 22.1 Å². The van der Waals surface area contributed by atoms with E-state index >= 15 is 0 Å². The number of esters is 1. The first-order chi connectivity index (χ1) is 18.1. The lowest BCUT2D eigenvalue weighted by molar-refractivity contribution is -0.113. The molecule has 1 N–H and O–H groups in total. The second-order valence-corrected chi connectivity index (χ2v) is 10.8. The molecule has 0 fully saturated rings. The Kier molecular flexibility index (Phi) is 10.2. The quantitative estimate of drug-likeness (QED) is 0.188. The average Bonchev–Trinajstić information content (AvgIpc) is 3.42. The molecule has 10 nitrogen and oxygen atoms in total. The van der Waals surface area contributed by atoms with Gasteiger partial charge in [0.2, 0.25) is 5.91 Å². The molecule has 3 rings (SSSR count). The SMILES string of the molecule is C=CCn1c(COc2cc(Cl)ccc2Cl)nnc1SCC(=O)Nc1sc(C(=O)N(C)C)c(C)c1C(=O)OC. The Labute approximate surface area is 237 Å². The van der Waals surface area contributed by atoms with E-state index in [0.29, 0.717) is 43.8 Å². The molecule has 2 heterocycles. The van der Waals surface area contributed by atoms with Crippen molar-refractivity contribution >= 4 is 69.1 Å². The van der Waals surface area contributed by atoms with E-state index in [4.69, 9.17) is 32.7 Å². The van der Waals surface area contributed by atoms with Gasteiger partial charge in [-0.05, 0) is 24.6 Å². The summed E-state index contributed by atoms with van der Waals surface area (Å²) in [6.07, 6.45) is 1.67. The number of carbonyl (C=O) groups excluding carboxylic acids is 3. The Morgan fingerprint density at radius 2 is 2.00 bits per heavy atom. The normalized spacial score (nSPS) is 10.7. The number of anilines is 1. The minimum atomic E-state index is -0.644. The minimum absolute atomic E-state index is 0.0369. The molecular formula is C24H25Cl2N5O5S2. The summed E-state index contributed by atoms with van der Waals surface area (Å²) in [4.78, 5) is 39.5. The zero-order valence-corrected chi connectivity index (χ0v) is 24.2. The van der Waals surface area contributed by atoms with Crippen LogP contribution < -0.4 is 10.1 Å². The summed E-state index contributed by atoms with van der Waals surface area (Å²) in [5.74, 6) is -0.459. The van der Waals surface area contributed by atoms with Gasteiger partial charge in [0.1, 0.15) is 17.4 Å². The second kappa shape index (κ2) is 13.1. The van der Waals surface area contributed by atoms with Crippen LogP contribution in [0.3, 0.4) is 0 Å². The Balaban J connectivity index is 1.73. The Hall–Kier alpha value is -3.06. The fraction of sp³-hybridized carbons (Fsp3) is 0.292. The lowest BCUT2D eigenvalue weighted by atomic mass is 10.1. The molecule has 0 aliphatic rings. The van der Waals surface area contributed by atoms with Gasteiger partial charge in [0.05, 0.1) is 28.3 Å². The molecule has 202 valence electrons. The predicted octanol–water partition coefficient (Wildman–Crippen LogP) is 4.94. The molecule has 3 aromatic rings. The average molecular weight is 599 g/mol. The summed E-state index contributed by atoms with van der Waals surface area (Å²) in [6.45, 7) is 5.85. The van der Waals surface area contributed by atoms with Crippen LogP contribution in [0.1, 0.15) is 31.4 Å². The Bertz CT molecular complexity index is 1370. The number of hydrogen-bond acceptors (Lipinski definition) is 9. The number of allylic oxidation sites excluding steroid dienone is 1. The highest BCUT2D eigenvalue weighted by atomic mass is 35.5. The van der Waals surface area contributed by atoms with Gasteiger partial charge in [0.25, 0.3) is 5.91 Å². The fourth-order valence-electron chi connectivity index (χ4n) is 3.22. The van der Waals surface area contributed by atoms with E-state index in [9.17, 15) is 14.4 Å². The first-order valence-corrected chi connectivity index (χ1v) is 13.6. The highest BCUT2D eigenvalue weighted by Gasteiger charge is 2.27. The molecule has 2 amide bonds. The number of thioether (sulfide) groups is 1. The third kappa shape index (κ3) is 6.87. The number of carbonyl (C=O) groups is 3. The molecule has 38 heavy (non-hydrogen) atoms. The number of amides is 2. The van der Waals surface area contributed by atoms with E-state index in [1.54, 1.807) is 49.9 Å². The number of aromatic nitrogens is 3. The van der Waals surface area contributed by atoms with E-state index in [1.807, 2.05) is 0 Å². The van der Waals surface area contributed by atoms with Crippen molar-refractivity contribution in [3.63, 3.8) is 0 Å². The van der Waals surface area contributed by atoms with E-state index in [-0.39, 0.29) is 28.8 Å². The molecule has 14 heteroatoms. The zero-order valence-electron chi connectivity index (χ0n) is 21.0. The van der Waals surface area contributed by atoms with Crippen molar-refractivity contribution in [1.29, 1.82) is 0 Å². The molecule has 2 aromatic heterocycles. The maximum Gasteiger partial charge on any atom is 0.341 e. The first-order valence-electron chi connectivity index (χ1n) is 11.0. The van der Waals surface area contributed by atoms with Crippen LogP contribution in [0.5, 0.6) is 5.75 Å². The van der Waals surface area contributed by atoms with Crippen LogP contribution >= 0.6 is 46.3 Å². The number of methoxy groups -OCH3 is 1. The number of thiophene rings is 1. The summed E-state index contributed by atoms with van der Waals surface area (Å²) in [7, 11) is 4.45. The number of halogens is 2. The van der Waals surface area contributed by atoms with Gasteiger partial charge in [-0.2, -0.15) is 0 Å². The number of hydrogen-bond donors (Lipinski definition) is 1. The summed E-state index contributed by atoms with van der Waals surface area (Å²) < 4.78 is 12.4. The molecule has 0 aliphatic carbocycles. The topological polar surface area (TPSA) is 116 Å². The third-order valence-electron chi connectivity index (χ3n) is 5.08. The molecule has 0 radical (unpaired) electrons. The second-order valence-electron chi connectivity index (χ2n) is 7.95. The van der Waals surface area contributed by atoms with Crippen LogP contribution in [-0.2, 0) is 22.7 Å². The lowest BCUT2D eigenvalue weighted by Gasteiger charge is -2.10. The molecule has 0 bridgehead atoms. The van der Waals surface area contributed by atoms with Gasteiger partial charge in [-0.25, -0.2) is 4.79 Å². The maximum atomic E-state index is 12.8. The number of nitrogens with zero attached hydrogens (tertiary/aromatic N) is 4. The van der Waals surface area contributed by atoms with Crippen molar-refractivity contribution in [2.24, 2.45) is 0 Å². The number of benzene rings is 1.